The van der Waals surface area contributed by atoms with Crippen molar-refractivity contribution >= 4 is 0 Å². The van der Waals surface area contributed by atoms with Gasteiger partial charge in [0.25, 0.3) is 0 Å². The number of furan rings is 1. The van der Waals surface area contributed by atoms with Crippen LogP contribution < -0.4 is 5.32 Å². The molecule has 0 amide bonds. The molecule has 0 spiro atoms. The summed E-state index contributed by atoms with van der Waals surface area (Å²) < 4.78 is 5.63. The number of hydrogen-bond donors (Lipinski definition) is 1. The van der Waals surface area contributed by atoms with Gasteiger partial charge in [0.05, 0.1) is 18.5 Å². The Kier molecular flexibility index (Phi) is 5.96. The summed E-state index contributed by atoms with van der Waals surface area (Å²) in [5.41, 5.74) is 2.28. The van der Waals surface area contributed by atoms with Crippen LogP contribution in [0.15, 0.2) is 41.1 Å². The summed E-state index contributed by atoms with van der Waals surface area (Å²) in [4.78, 5) is 6.54. The number of hydrogen-bond acceptors (Lipinski definition) is 4. The number of pyridine rings is 1. The lowest BCUT2D eigenvalue weighted by molar-refractivity contribution is 0.285. The normalized spacial score (nSPS) is 11.5. The molecule has 0 saturated carbocycles. The standard InChI is InChI=1S/C17H25N3O/c1-14(2)9-18-10-15-8-17(21-13-15)12-20(3)11-16-6-4-5-7-19-16/h4-8,13-14,18H,9-12H2,1-3H3. The van der Waals surface area contributed by atoms with E-state index in [0.29, 0.717) is 5.92 Å². The van der Waals surface area contributed by atoms with Crippen LogP contribution in [0.4, 0.5) is 0 Å². The zero-order chi connectivity index (χ0) is 15.1. The van der Waals surface area contributed by atoms with Gasteiger partial charge in [-0.05, 0) is 37.7 Å². The second-order valence-electron chi connectivity index (χ2n) is 5.94. The van der Waals surface area contributed by atoms with Gasteiger partial charge < -0.3 is 9.73 Å². The maximum absolute atomic E-state index is 5.63. The average Bonchev–Trinajstić information content (AvgIpc) is 2.86. The van der Waals surface area contributed by atoms with Crippen molar-refractivity contribution < 1.29 is 4.42 Å². The van der Waals surface area contributed by atoms with Crippen molar-refractivity contribution in [3.05, 3.63) is 53.7 Å². The number of aromatic nitrogens is 1. The summed E-state index contributed by atoms with van der Waals surface area (Å²) >= 11 is 0. The largest absolute Gasteiger partial charge is 0.468 e. The van der Waals surface area contributed by atoms with Gasteiger partial charge in [-0.25, -0.2) is 0 Å². The van der Waals surface area contributed by atoms with Crippen LogP contribution >= 0.6 is 0 Å². The highest BCUT2D eigenvalue weighted by Crippen LogP contribution is 2.11. The van der Waals surface area contributed by atoms with E-state index in [1.165, 1.54) is 5.56 Å². The van der Waals surface area contributed by atoms with Crippen LogP contribution in [0.25, 0.3) is 0 Å². The Morgan fingerprint density at radius 2 is 2.14 bits per heavy atom. The quantitative estimate of drug-likeness (QED) is 0.810. The number of rotatable bonds is 8. The van der Waals surface area contributed by atoms with Crippen molar-refractivity contribution in [2.24, 2.45) is 5.92 Å². The monoisotopic (exact) mass is 287 g/mol. The lowest BCUT2D eigenvalue weighted by Gasteiger charge is -2.14. The molecule has 0 radical (unpaired) electrons. The fraction of sp³-hybridized carbons (Fsp3) is 0.471. The van der Waals surface area contributed by atoms with E-state index in [9.17, 15) is 0 Å². The first-order chi connectivity index (χ1) is 10.1. The zero-order valence-electron chi connectivity index (χ0n) is 13.2. The molecule has 0 aliphatic rings. The van der Waals surface area contributed by atoms with Crippen molar-refractivity contribution in [1.82, 2.24) is 15.2 Å². The molecule has 0 atom stereocenters. The van der Waals surface area contributed by atoms with E-state index in [2.05, 4.69) is 42.2 Å². The summed E-state index contributed by atoms with van der Waals surface area (Å²) in [5.74, 6) is 1.66. The Balaban J connectivity index is 1.79. The third kappa shape index (κ3) is 5.69. The molecule has 4 heteroatoms. The van der Waals surface area contributed by atoms with E-state index in [0.717, 1.165) is 37.6 Å². The first-order valence-electron chi connectivity index (χ1n) is 7.49. The van der Waals surface area contributed by atoms with Gasteiger partial charge in [-0.15, -0.1) is 0 Å². The first-order valence-corrected chi connectivity index (χ1v) is 7.49. The summed E-state index contributed by atoms with van der Waals surface area (Å²) in [7, 11) is 2.08. The van der Waals surface area contributed by atoms with Crippen LogP contribution in [-0.4, -0.2) is 23.5 Å². The van der Waals surface area contributed by atoms with Gasteiger partial charge in [-0.3, -0.25) is 9.88 Å². The molecule has 4 nitrogen and oxygen atoms in total. The SMILES string of the molecule is CC(C)CNCc1coc(CN(C)Cc2ccccn2)c1. The molecule has 0 unspecified atom stereocenters. The Labute approximate surface area is 127 Å². The third-order valence-corrected chi connectivity index (χ3v) is 3.17. The molecule has 2 rings (SSSR count). The van der Waals surface area contributed by atoms with Crippen molar-refractivity contribution in [2.75, 3.05) is 13.6 Å². The molecule has 2 aromatic rings. The Bertz CT molecular complexity index is 522. The number of nitrogens with one attached hydrogen (secondary N) is 1. The molecule has 0 fully saturated rings. The lowest BCUT2D eigenvalue weighted by atomic mass is 10.2. The van der Waals surface area contributed by atoms with Crippen molar-refractivity contribution in [3.8, 4) is 0 Å². The molecule has 0 aliphatic heterocycles. The minimum atomic E-state index is 0.667. The van der Waals surface area contributed by atoms with E-state index in [4.69, 9.17) is 4.42 Å². The van der Waals surface area contributed by atoms with E-state index in [-0.39, 0.29) is 0 Å². The Hall–Kier alpha value is -1.65. The van der Waals surface area contributed by atoms with Crippen LogP contribution in [0.3, 0.4) is 0 Å². The highest BCUT2D eigenvalue weighted by Gasteiger charge is 2.07. The van der Waals surface area contributed by atoms with E-state index in [1.807, 2.05) is 30.7 Å². The molecule has 0 aliphatic carbocycles. The predicted molar refractivity (Wildman–Crippen MR) is 84.7 cm³/mol. The Morgan fingerprint density at radius 1 is 1.29 bits per heavy atom. The fourth-order valence-corrected chi connectivity index (χ4v) is 2.20. The number of nitrogens with zero attached hydrogens (tertiary/aromatic N) is 2. The molecular formula is C17H25N3O. The highest BCUT2D eigenvalue weighted by molar-refractivity contribution is 5.13. The van der Waals surface area contributed by atoms with Gasteiger partial charge in [0.2, 0.25) is 0 Å². The van der Waals surface area contributed by atoms with Gasteiger partial charge in [-0.2, -0.15) is 0 Å². The topological polar surface area (TPSA) is 41.3 Å². The molecule has 2 heterocycles. The van der Waals surface area contributed by atoms with Crippen molar-refractivity contribution in [3.63, 3.8) is 0 Å². The molecule has 1 N–H and O–H groups in total. The summed E-state index contributed by atoms with van der Waals surface area (Å²) in [6.07, 6.45) is 3.67. The van der Waals surface area contributed by atoms with Gasteiger partial charge in [0.1, 0.15) is 5.76 Å². The molecule has 114 valence electrons. The molecule has 21 heavy (non-hydrogen) atoms. The van der Waals surface area contributed by atoms with Gasteiger partial charge >= 0.3 is 0 Å². The third-order valence-electron chi connectivity index (χ3n) is 3.17. The molecule has 0 aromatic carbocycles. The van der Waals surface area contributed by atoms with E-state index >= 15 is 0 Å². The van der Waals surface area contributed by atoms with Crippen LogP contribution in [-0.2, 0) is 19.6 Å². The van der Waals surface area contributed by atoms with E-state index < -0.39 is 0 Å². The smallest absolute Gasteiger partial charge is 0.118 e. The average molecular weight is 287 g/mol. The maximum Gasteiger partial charge on any atom is 0.118 e. The lowest BCUT2D eigenvalue weighted by Crippen LogP contribution is -2.19. The van der Waals surface area contributed by atoms with Crippen LogP contribution in [0, 0.1) is 5.92 Å². The summed E-state index contributed by atoms with van der Waals surface area (Å²) in [6.45, 7) is 7.93. The Morgan fingerprint density at radius 3 is 2.86 bits per heavy atom. The van der Waals surface area contributed by atoms with Crippen LogP contribution in [0.2, 0.25) is 0 Å². The first kappa shape index (κ1) is 15.7. The molecule has 0 bridgehead atoms. The second kappa shape index (κ2) is 7.96. The molecule has 2 aromatic heterocycles. The van der Waals surface area contributed by atoms with Gasteiger partial charge in [0, 0.05) is 24.8 Å². The second-order valence-corrected chi connectivity index (χ2v) is 5.94. The highest BCUT2D eigenvalue weighted by atomic mass is 16.3. The molecule has 0 saturated heterocycles. The van der Waals surface area contributed by atoms with Crippen molar-refractivity contribution in [2.45, 2.75) is 33.5 Å². The minimum Gasteiger partial charge on any atom is -0.468 e. The predicted octanol–water partition coefficient (Wildman–Crippen LogP) is 3.05. The van der Waals surface area contributed by atoms with Crippen molar-refractivity contribution in [1.29, 1.82) is 0 Å². The summed E-state index contributed by atoms with van der Waals surface area (Å²) in [5, 5.41) is 3.42. The van der Waals surface area contributed by atoms with Crippen LogP contribution in [0.5, 0.6) is 0 Å². The van der Waals surface area contributed by atoms with Gasteiger partial charge in [-0.1, -0.05) is 19.9 Å². The fourth-order valence-electron chi connectivity index (χ4n) is 2.20. The minimum absolute atomic E-state index is 0.667. The van der Waals surface area contributed by atoms with Crippen LogP contribution in [0.1, 0.15) is 30.9 Å². The molecular weight excluding hydrogens is 262 g/mol. The maximum atomic E-state index is 5.63. The van der Waals surface area contributed by atoms with Gasteiger partial charge in [0.15, 0.2) is 0 Å². The zero-order valence-corrected chi connectivity index (χ0v) is 13.2. The summed E-state index contributed by atoms with van der Waals surface area (Å²) in [6, 6.07) is 8.12. The van der Waals surface area contributed by atoms with E-state index in [1.54, 1.807) is 0 Å².